The Balaban J connectivity index is 1.93. The van der Waals surface area contributed by atoms with Crippen LogP contribution >= 0.6 is 0 Å². The van der Waals surface area contributed by atoms with Crippen molar-refractivity contribution in [2.75, 3.05) is 27.3 Å². The van der Waals surface area contributed by atoms with E-state index in [4.69, 9.17) is 9.47 Å². The molecule has 19 heavy (non-hydrogen) atoms. The Morgan fingerprint density at radius 2 is 1.84 bits per heavy atom. The molecule has 100 valence electrons. The van der Waals surface area contributed by atoms with Crippen LogP contribution in [0.4, 0.5) is 0 Å². The Kier molecular flexibility index (Phi) is 3.08. The molecule has 1 saturated heterocycles. The zero-order valence-corrected chi connectivity index (χ0v) is 11.0. The van der Waals surface area contributed by atoms with Crippen molar-refractivity contribution in [2.24, 2.45) is 0 Å². The van der Waals surface area contributed by atoms with Crippen molar-refractivity contribution in [3.8, 4) is 22.8 Å². The molecule has 0 spiro atoms. The van der Waals surface area contributed by atoms with E-state index in [1.807, 2.05) is 29.1 Å². The third-order valence-corrected chi connectivity index (χ3v) is 3.29. The summed E-state index contributed by atoms with van der Waals surface area (Å²) in [6.07, 6.45) is 1.96. The maximum atomic E-state index is 5.26. The number of nitrogens with zero attached hydrogens (tertiary/aromatic N) is 3. The minimum Gasteiger partial charge on any atom is -0.497 e. The van der Waals surface area contributed by atoms with Crippen LogP contribution in [0.1, 0.15) is 6.04 Å². The molecule has 6 heteroatoms. The largest absolute Gasteiger partial charge is 0.497 e. The second-order valence-electron chi connectivity index (χ2n) is 4.50. The van der Waals surface area contributed by atoms with E-state index in [0.717, 1.165) is 35.8 Å². The van der Waals surface area contributed by atoms with Gasteiger partial charge in [0.25, 0.3) is 0 Å². The molecule has 0 saturated carbocycles. The Morgan fingerprint density at radius 3 is 2.37 bits per heavy atom. The van der Waals surface area contributed by atoms with E-state index in [2.05, 4.69) is 15.6 Å². The fraction of sp³-hybridized carbons (Fsp3) is 0.385. The summed E-state index contributed by atoms with van der Waals surface area (Å²) in [5.74, 6) is 1.49. The van der Waals surface area contributed by atoms with Gasteiger partial charge in [0, 0.05) is 24.7 Å². The van der Waals surface area contributed by atoms with Gasteiger partial charge >= 0.3 is 0 Å². The van der Waals surface area contributed by atoms with Gasteiger partial charge in [-0.2, -0.15) is 0 Å². The van der Waals surface area contributed by atoms with Gasteiger partial charge in [-0.15, -0.1) is 5.10 Å². The Morgan fingerprint density at radius 1 is 1.16 bits per heavy atom. The van der Waals surface area contributed by atoms with Crippen LogP contribution in [0.25, 0.3) is 11.3 Å². The minimum absolute atomic E-state index is 0.411. The van der Waals surface area contributed by atoms with E-state index >= 15 is 0 Å². The van der Waals surface area contributed by atoms with Crippen molar-refractivity contribution in [1.29, 1.82) is 0 Å². The van der Waals surface area contributed by atoms with E-state index in [9.17, 15) is 0 Å². The van der Waals surface area contributed by atoms with Gasteiger partial charge in [0.05, 0.1) is 26.5 Å². The molecular weight excluding hydrogens is 244 g/mol. The van der Waals surface area contributed by atoms with Crippen LogP contribution in [0.15, 0.2) is 24.4 Å². The molecule has 0 bridgehead atoms. The first-order valence-corrected chi connectivity index (χ1v) is 6.16. The second kappa shape index (κ2) is 4.89. The highest BCUT2D eigenvalue weighted by Gasteiger charge is 2.20. The molecule has 6 nitrogen and oxygen atoms in total. The van der Waals surface area contributed by atoms with Gasteiger partial charge in [-0.05, 0) is 12.1 Å². The average molecular weight is 260 g/mol. The highest BCUT2D eigenvalue weighted by Crippen LogP contribution is 2.28. The predicted molar refractivity (Wildman–Crippen MR) is 70.5 cm³/mol. The third kappa shape index (κ3) is 2.26. The van der Waals surface area contributed by atoms with Gasteiger partial charge < -0.3 is 14.8 Å². The van der Waals surface area contributed by atoms with Crippen molar-refractivity contribution in [1.82, 2.24) is 20.3 Å². The van der Waals surface area contributed by atoms with Crippen LogP contribution in [0.2, 0.25) is 0 Å². The number of hydrogen-bond acceptors (Lipinski definition) is 5. The van der Waals surface area contributed by atoms with Crippen molar-refractivity contribution in [3.05, 3.63) is 24.4 Å². The average Bonchev–Trinajstić information content (AvgIpc) is 2.85. The zero-order chi connectivity index (χ0) is 13.2. The lowest BCUT2D eigenvalue weighted by Crippen LogP contribution is -2.43. The topological polar surface area (TPSA) is 61.2 Å². The number of aromatic nitrogens is 3. The van der Waals surface area contributed by atoms with Crippen LogP contribution in [-0.4, -0.2) is 42.3 Å². The van der Waals surface area contributed by atoms with E-state index in [-0.39, 0.29) is 0 Å². The van der Waals surface area contributed by atoms with Crippen molar-refractivity contribution >= 4 is 0 Å². The molecule has 0 amide bonds. The molecule has 1 fully saturated rings. The van der Waals surface area contributed by atoms with Gasteiger partial charge in [-0.1, -0.05) is 5.21 Å². The Hall–Kier alpha value is -2.08. The van der Waals surface area contributed by atoms with Crippen LogP contribution in [0.3, 0.4) is 0 Å². The smallest absolute Gasteiger partial charge is 0.123 e. The summed E-state index contributed by atoms with van der Waals surface area (Å²) in [6.45, 7) is 1.90. The first-order valence-electron chi connectivity index (χ1n) is 6.16. The van der Waals surface area contributed by atoms with Crippen molar-refractivity contribution < 1.29 is 9.47 Å². The van der Waals surface area contributed by atoms with Crippen LogP contribution in [-0.2, 0) is 0 Å². The summed E-state index contributed by atoms with van der Waals surface area (Å²) < 4.78 is 12.4. The SMILES string of the molecule is COc1cc(OC)cc(-c2cn(C3CNC3)nn2)c1. The standard InChI is InChI=1S/C13H16N4O2/c1-18-11-3-9(4-12(5-11)19-2)13-8-17(16-15-13)10-6-14-7-10/h3-5,8,10,14H,6-7H2,1-2H3. The summed E-state index contributed by atoms with van der Waals surface area (Å²) in [4.78, 5) is 0. The van der Waals surface area contributed by atoms with E-state index in [1.54, 1.807) is 14.2 Å². The van der Waals surface area contributed by atoms with Crippen molar-refractivity contribution in [3.63, 3.8) is 0 Å². The summed E-state index contributed by atoms with van der Waals surface area (Å²) in [5, 5.41) is 11.6. The number of hydrogen-bond donors (Lipinski definition) is 1. The second-order valence-corrected chi connectivity index (χ2v) is 4.50. The maximum Gasteiger partial charge on any atom is 0.123 e. The van der Waals surface area contributed by atoms with Gasteiger partial charge in [0.1, 0.15) is 17.2 Å². The number of nitrogens with one attached hydrogen (secondary N) is 1. The summed E-state index contributed by atoms with van der Waals surface area (Å²) in [5.41, 5.74) is 1.76. The number of ether oxygens (including phenoxy) is 2. The molecule has 0 atom stereocenters. The molecule has 1 aliphatic heterocycles. The summed E-state index contributed by atoms with van der Waals surface area (Å²) in [7, 11) is 3.27. The molecule has 1 N–H and O–H groups in total. The molecule has 1 aliphatic rings. The molecule has 1 aromatic heterocycles. The maximum absolute atomic E-state index is 5.26. The van der Waals surface area contributed by atoms with Gasteiger partial charge in [0.2, 0.25) is 0 Å². The molecule has 2 aromatic rings. The zero-order valence-electron chi connectivity index (χ0n) is 11.0. The number of methoxy groups -OCH3 is 2. The monoisotopic (exact) mass is 260 g/mol. The molecule has 2 heterocycles. The van der Waals surface area contributed by atoms with Gasteiger partial charge in [0.15, 0.2) is 0 Å². The quantitative estimate of drug-likeness (QED) is 0.892. The lowest BCUT2D eigenvalue weighted by Gasteiger charge is -2.26. The molecule has 3 rings (SSSR count). The molecule has 0 radical (unpaired) electrons. The molecule has 1 aromatic carbocycles. The van der Waals surface area contributed by atoms with Crippen LogP contribution < -0.4 is 14.8 Å². The Labute approximate surface area is 111 Å². The fourth-order valence-corrected chi connectivity index (χ4v) is 2.00. The van der Waals surface area contributed by atoms with E-state index < -0.39 is 0 Å². The third-order valence-electron chi connectivity index (χ3n) is 3.29. The summed E-state index contributed by atoms with van der Waals surface area (Å²) >= 11 is 0. The lowest BCUT2D eigenvalue weighted by molar-refractivity contribution is 0.313. The lowest BCUT2D eigenvalue weighted by atomic mass is 10.1. The normalized spacial score (nSPS) is 15.1. The minimum atomic E-state index is 0.411. The van der Waals surface area contributed by atoms with E-state index in [0.29, 0.717) is 6.04 Å². The van der Waals surface area contributed by atoms with E-state index in [1.165, 1.54) is 0 Å². The molecule has 0 aliphatic carbocycles. The number of rotatable bonds is 4. The fourth-order valence-electron chi connectivity index (χ4n) is 2.00. The highest BCUT2D eigenvalue weighted by molar-refractivity contribution is 5.63. The van der Waals surface area contributed by atoms with Crippen LogP contribution in [0.5, 0.6) is 11.5 Å². The highest BCUT2D eigenvalue weighted by atomic mass is 16.5. The number of benzene rings is 1. The molecule has 0 unspecified atom stereocenters. The van der Waals surface area contributed by atoms with Crippen molar-refractivity contribution in [2.45, 2.75) is 6.04 Å². The Bertz CT molecular complexity index is 556. The summed E-state index contributed by atoms with van der Waals surface area (Å²) in [6, 6.07) is 6.10. The molecular formula is C13H16N4O2. The predicted octanol–water partition coefficient (Wildman–Crippen LogP) is 1.11. The first-order chi connectivity index (χ1) is 9.30. The van der Waals surface area contributed by atoms with Gasteiger partial charge in [-0.25, -0.2) is 4.68 Å². The van der Waals surface area contributed by atoms with Crippen LogP contribution in [0, 0.1) is 0 Å². The first kappa shape index (κ1) is 12.0. The van der Waals surface area contributed by atoms with Gasteiger partial charge in [-0.3, -0.25) is 0 Å².